The van der Waals surface area contributed by atoms with Crippen molar-refractivity contribution in [2.24, 2.45) is 0 Å². The smallest absolute Gasteiger partial charge is 0.254 e. The van der Waals surface area contributed by atoms with Gasteiger partial charge in [-0.05, 0) is 47.9 Å². The minimum Gasteiger partial charge on any atom is -0.368 e. The fraction of sp³-hybridized carbons (Fsp3) is 0.217. The van der Waals surface area contributed by atoms with Gasteiger partial charge >= 0.3 is 0 Å². The molecule has 5 heteroatoms. The number of carbonyl (C=O) groups is 1. The van der Waals surface area contributed by atoms with Crippen LogP contribution >= 0.6 is 0 Å². The van der Waals surface area contributed by atoms with Gasteiger partial charge in [0.1, 0.15) is 11.9 Å². The van der Waals surface area contributed by atoms with Gasteiger partial charge in [0.2, 0.25) is 0 Å². The number of aromatic nitrogens is 1. The van der Waals surface area contributed by atoms with Gasteiger partial charge in [0, 0.05) is 18.3 Å². The van der Waals surface area contributed by atoms with Gasteiger partial charge in [-0.15, -0.1) is 0 Å². The Hall–Kier alpha value is -3.05. The lowest BCUT2D eigenvalue weighted by Gasteiger charge is -2.32. The van der Waals surface area contributed by atoms with E-state index in [0.717, 1.165) is 16.8 Å². The van der Waals surface area contributed by atoms with Crippen LogP contribution in [0.1, 0.15) is 33.3 Å². The fourth-order valence-corrected chi connectivity index (χ4v) is 3.34. The van der Waals surface area contributed by atoms with Crippen LogP contribution in [0.15, 0.2) is 72.9 Å². The zero-order valence-electron chi connectivity index (χ0n) is 15.4. The van der Waals surface area contributed by atoms with Crippen molar-refractivity contribution in [2.75, 3.05) is 19.7 Å². The zero-order chi connectivity index (χ0) is 19.3. The van der Waals surface area contributed by atoms with E-state index < -0.39 is 0 Å². The average Bonchev–Trinajstić information content (AvgIpc) is 2.76. The van der Waals surface area contributed by atoms with Crippen molar-refractivity contribution < 1.29 is 13.9 Å². The van der Waals surface area contributed by atoms with Crippen LogP contribution in [-0.2, 0) is 11.2 Å². The van der Waals surface area contributed by atoms with Crippen LogP contribution in [-0.4, -0.2) is 35.5 Å². The van der Waals surface area contributed by atoms with Gasteiger partial charge in [0.25, 0.3) is 5.91 Å². The first-order valence-electron chi connectivity index (χ1n) is 9.34. The third kappa shape index (κ3) is 4.26. The molecule has 1 amide bonds. The lowest BCUT2D eigenvalue weighted by atomic mass is 10.1. The highest BCUT2D eigenvalue weighted by atomic mass is 19.1. The summed E-state index contributed by atoms with van der Waals surface area (Å²) in [7, 11) is 0. The quantitative estimate of drug-likeness (QED) is 0.691. The Balaban J connectivity index is 1.42. The van der Waals surface area contributed by atoms with E-state index in [4.69, 9.17) is 4.74 Å². The molecule has 0 radical (unpaired) electrons. The molecule has 0 aliphatic carbocycles. The molecule has 2 heterocycles. The predicted molar refractivity (Wildman–Crippen MR) is 104 cm³/mol. The van der Waals surface area contributed by atoms with Crippen LogP contribution in [0.2, 0.25) is 0 Å². The van der Waals surface area contributed by atoms with E-state index in [0.29, 0.717) is 31.7 Å². The Labute approximate surface area is 163 Å². The molecule has 1 aromatic heterocycles. The van der Waals surface area contributed by atoms with E-state index in [2.05, 4.69) is 4.98 Å². The van der Waals surface area contributed by atoms with Crippen LogP contribution in [0.25, 0.3) is 0 Å². The first kappa shape index (κ1) is 18.3. The number of nitrogens with zero attached hydrogens (tertiary/aromatic N) is 2. The summed E-state index contributed by atoms with van der Waals surface area (Å²) >= 11 is 0. The SMILES string of the molecule is O=C(c1ccccc1)N1CCO[C@@H](c2ccc(Cc3ccc(F)cc3)cn2)C1. The highest BCUT2D eigenvalue weighted by molar-refractivity contribution is 5.94. The predicted octanol–water partition coefficient (Wildman–Crippen LogP) is 4.03. The summed E-state index contributed by atoms with van der Waals surface area (Å²) in [6.07, 6.45) is 2.28. The molecule has 0 saturated carbocycles. The molecule has 1 aliphatic heterocycles. The maximum atomic E-state index is 13.0. The van der Waals surface area contributed by atoms with Crippen LogP contribution < -0.4 is 0 Å². The van der Waals surface area contributed by atoms with Gasteiger partial charge in [-0.1, -0.05) is 36.4 Å². The highest BCUT2D eigenvalue weighted by Gasteiger charge is 2.26. The van der Waals surface area contributed by atoms with E-state index in [1.54, 1.807) is 12.1 Å². The maximum Gasteiger partial charge on any atom is 0.254 e. The second-order valence-electron chi connectivity index (χ2n) is 6.87. The molecule has 0 unspecified atom stereocenters. The number of hydrogen-bond donors (Lipinski definition) is 0. The van der Waals surface area contributed by atoms with Crippen LogP contribution in [0.4, 0.5) is 4.39 Å². The summed E-state index contributed by atoms with van der Waals surface area (Å²) in [4.78, 5) is 19.0. The Morgan fingerprint density at radius 1 is 1.04 bits per heavy atom. The van der Waals surface area contributed by atoms with Crippen molar-refractivity contribution in [3.05, 3.63) is 101 Å². The second kappa shape index (κ2) is 8.31. The molecule has 1 fully saturated rings. The molecule has 1 aliphatic rings. The van der Waals surface area contributed by atoms with Gasteiger partial charge in [-0.3, -0.25) is 9.78 Å². The maximum absolute atomic E-state index is 13.0. The number of benzene rings is 2. The third-order valence-corrected chi connectivity index (χ3v) is 4.87. The molecule has 0 N–H and O–H groups in total. The minimum atomic E-state index is -0.235. The lowest BCUT2D eigenvalue weighted by Crippen LogP contribution is -2.42. The topological polar surface area (TPSA) is 42.4 Å². The van der Waals surface area contributed by atoms with Crippen LogP contribution in [0, 0.1) is 5.82 Å². The summed E-state index contributed by atoms with van der Waals surface area (Å²) in [6.45, 7) is 1.55. The summed E-state index contributed by atoms with van der Waals surface area (Å²) in [5.41, 5.74) is 3.58. The van der Waals surface area contributed by atoms with E-state index in [-0.39, 0.29) is 17.8 Å². The van der Waals surface area contributed by atoms with Crippen LogP contribution in [0.5, 0.6) is 0 Å². The third-order valence-electron chi connectivity index (χ3n) is 4.87. The number of carbonyl (C=O) groups excluding carboxylic acids is 1. The summed E-state index contributed by atoms with van der Waals surface area (Å²) in [5.74, 6) is -0.219. The van der Waals surface area contributed by atoms with Crippen LogP contribution in [0.3, 0.4) is 0 Å². The molecule has 0 bridgehead atoms. The zero-order valence-corrected chi connectivity index (χ0v) is 15.4. The molecular formula is C23H21FN2O2. The fourth-order valence-electron chi connectivity index (χ4n) is 3.34. The molecule has 4 nitrogen and oxygen atoms in total. The van der Waals surface area contributed by atoms with Gasteiger partial charge in [-0.2, -0.15) is 0 Å². The number of hydrogen-bond acceptors (Lipinski definition) is 3. The van der Waals surface area contributed by atoms with Crippen molar-refractivity contribution in [1.82, 2.24) is 9.88 Å². The minimum absolute atomic E-state index is 0.0156. The van der Waals surface area contributed by atoms with Gasteiger partial charge < -0.3 is 9.64 Å². The van der Waals surface area contributed by atoms with Gasteiger partial charge in [-0.25, -0.2) is 4.39 Å². The van der Waals surface area contributed by atoms with Crippen molar-refractivity contribution in [3.63, 3.8) is 0 Å². The Bertz CT molecular complexity index is 927. The molecule has 4 rings (SSSR count). The number of pyridine rings is 1. The number of rotatable bonds is 4. The number of amides is 1. The molecular weight excluding hydrogens is 355 g/mol. The lowest BCUT2D eigenvalue weighted by molar-refractivity contribution is -0.0247. The van der Waals surface area contributed by atoms with Crippen molar-refractivity contribution in [3.8, 4) is 0 Å². The second-order valence-corrected chi connectivity index (χ2v) is 6.87. The molecule has 28 heavy (non-hydrogen) atoms. The Morgan fingerprint density at radius 2 is 1.79 bits per heavy atom. The van der Waals surface area contributed by atoms with Crippen molar-refractivity contribution in [2.45, 2.75) is 12.5 Å². The molecule has 1 saturated heterocycles. The molecule has 3 aromatic rings. The van der Waals surface area contributed by atoms with Crippen molar-refractivity contribution >= 4 is 5.91 Å². The Morgan fingerprint density at radius 3 is 2.50 bits per heavy atom. The normalized spacial score (nSPS) is 16.8. The van der Waals surface area contributed by atoms with E-state index in [9.17, 15) is 9.18 Å². The number of halogens is 1. The van der Waals surface area contributed by atoms with E-state index in [1.807, 2.05) is 53.6 Å². The summed E-state index contributed by atoms with van der Waals surface area (Å²) in [6, 6.07) is 19.7. The summed E-state index contributed by atoms with van der Waals surface area (Å²) in [5, 5.41) is 0. The van der Waals surface area contributed by atoms with Gasteiger partial charge in [0.05, 0.1) is 18.8 Å². The monoisotopic (exact) mass is 376 g/mol. The van der Waals surface area contributed by atoms with Crippen molar-refractivity contribution in [1.29, 1.82) is 0 Å². The average molecular weight is 376 g/mol. The van der Waals surface area contributed by atoms with E-state index >= 15 is 0 Å². The molecule has 2 aromatic carbocycles. The molecule has 142 valence electrons. The largest absolute Gasteiger partial charge is 0.368 e. The first-order chi connectivity index (χ1) is 13.7. The standard InChI is InChI=1S/C23H21FN2O2/c24-20-9-6-17(7-10-20)14-18-8-11-21(25-15-18)22-16-26(12-13-28-22)23(27)19-4-2-1-3-5-19/h1-11,15,22H,12-14,16H2/t22-/m1/s1. The summed E-state index contributed by atoms with van der Waals surface area (Å²) < 4.78 is 18.9. The molecule has 0 spiro atoms. The number of morpholine rings is 1. The van der Waals surface area contributed by atoms with E-state index in [1.165, 1.54) is 12.1 Å². The first-order valence-corrected chi connectivity index (χ1v) is 9.34. The highest BCUT2D eigenvalue weighted by Crippen LogP contribution is 2.22. The number of ether oxygens (including phenoxy) is 1. The Kier molecular flexibility index (Phi) is 5.44. The molecule has 1 atom stereocenters. The van der Waals surface area contributed by atoms with Gasteiger partial charge in [0.15, 0.2) is 0 Å².